The molecule has 2 aromatic rings. The number of nitrogens with one attached hydrogen (secondary N) is 1. The van der Waals surface area contributed by atoms with Crippen molar-refractivity contribution in [3.8, 4) is 0 Å². The van der Waals surface area contributed by atoms with Gasteiger partial charge in [0.1, 0.15) is 0 Å². The first-order valence-electron chi connectivity index (χ1n) is 6.85. The zero-order chi connectivity index (χ0) is 17.0. The lowest BCUT2D eigenvalue weighted by atomic mass is 10.1. The number of aromatic nitrogens is 2. The van der Waals surface area contributed by atoms with Gasteiger partial charge in [-0.1, -0.05) is 23.7 Å². The number of nitrogens with zero attached hydrogens (tertiary/aromatic N) is 2. The summed E-state index contributed by atoms with van der Waals surface area (Å²) in [6, 6.07) is 3.17. The van der Waals surface area contributed by atoms with Crippen LogP contribution in [0.15, 0.2) is 36.7 Å². The van der Waals surface area contributed by atoms with Gasteiger partial charge < -0.3 is 5.32 Å². The van der Waals surface area contributed by atoms with Crippen molar-refractivity contribution in [1.29, 1.82) is 0 Å². The molecule has 1 atom stereocenters. The molecule has 0 saturated heterocycles. The van der Waals surface area contributed by atoms with Crippen molar-refractivity contribution < 1.29 is 18.0 Å². The average molecular weight is 346 g/mol. The monoisotopic (exact) mass is 345 g/mol. The molecule has 1 amide bonds. The van der Waals surface area contributed by atoms with Crippen LogP contribution in [0.3, 0.4) is 0 Å². The lowest BCUT2D eigenvalue weighted by molar-refractivity contribution is -0.163. The van der Waals surface area contributed by atoms with E-state index in [0.29, 0.717) is 11.4 Å². The minimum Gasteiger partial charge on any atom is -0.341 e. The molecule has 0 unspecified atom stereocenters. The Morgan fingerprint density at radius 3 is 2.52 bits per heavy atom. The second kappa shape index (κ2) is 7.04. The Hall–Kier alpha value is -2.02. The Morgan fingerprint density at radius 2 is 2.00 bits per heavy atom. The maximum absolute atomic E-state index is 13.2. The highest BCUT2D eigenvalue weighted by atomic mass is 35.5. The van der Waals surface area contributed by atoms with Gasteiger partial charge in [0, 0.05) is 24.7 Å². The Kier molecular flexibility index (Phi) is 5.30. The molecule has 1 aromatic heterocycles. The van der Waals surface area contributed by atoms with E-state index >= 15 is 0 Å². The Bertz CT molecular complexity index is 667. The summed E-state index contributed by atoms with van der Waals surface area (Å²) < 4.78 is 41.1. The van der Waals surface area contributed by atoms with Crippen LogP contribution in [-0.2, 0) is 18.3 Å². The van der Waals surface area contributed by atoms with E-state index < -0.39 is 18.1 Å². The van der Waals surface area contributed by atoms with Crippen molar-refractivity contribution in [2.75, 3.05) is 0 Å². The average Bonchev–Trinajstić information content (AvgIpc) is 2.88. The molecule has 0 fully saturated rings. The first-order valence-corrected chi connectivity index (χ1v) is 7.22. The third-order valence-electron chi connectivity index (χ3n) is 3.24. The summed E-state index contributed by atoms with van der Waals surface area (Å²) in [6.07, 6.45) is -1.02. The summed E-state index contributed by atoms with van der Waals surface area (Å²) in [6.45, 7) is 0. The number of rotatable bonds is 5. The minimum atomic E-state index is -4.59. The standard InChI is InChI=1S/C15H15ClF3N3O/c1-22-9-10(8-20-22)2-7-13(23)21-14(15(17,18)19)11-3-5-12(16)6-4-11/h3-6,8-9,14H,2,7H2,1H3,(H,21,23)/t14-/m0/s1. The highest BCUT2D eigenvalue weighted by Crippen LogP contribution is 2.33. The van der Waals surface area contributed by atoms with Crippen LogP contribution in [-0.4, -0.2) is 21.9 Å². The van der Waals surface area contributed by atoms with E-state index in [9.17, 15) is 18.0 Å². The number of halogens is 4. The normalized spacial score (nSPS) is 12.9. The van der Waals surface area contributed by atoms with Gasteiger partial charge in [-0.05, 0) is 29.7 Å². The molecule has 0 saturated carbocycles. The molecule has 0 aliphatic rings. The van der Waals surface area contributed by atoms with Crippen molar-refractivity contribution in [2.45, 2.75) is 25.1 Å². The van der Waals surface area contributed by atoms with E-state index in [1.807, 2.05) is 5.32 Å². The fourth-order valence-electron chi connectivity index (χ4n) is 2.10. The number of alkyl halides is 3. The Labute approximate surface area is 136 Å². The lowest BCUT2D eigenvalue weighted by Crippen LogP contribution is -2.38. The predicted molar refractivity (Wildman–Crippen MR) is 79.9 cm³/mol. The Balaban J connectivity index is 2.02. The van der Waals surface area contributed by atoms with E-state index in [1.165, 1.54) is 24.3 Å². The maximum atomic E-state index is 13.2. The van der Waals surface area contributed by atoms with Crippen molar-refractivity contribution in [3.05, 3.63) is 52.8 Å². The molecule has 0 spiro atoms. The van der Waals surface area contributed by atoms with Gasteiger partial charge in [0.25, 0.3) is 0 Å². The first-order chi connectivity index (χ1) is 10.8. The van der Waals surface area contributed by atoms with Gasteiger partial charge in [-0.2, -0.15) is 18.3 Å². The molecule has 0 aliphatic carbocycles. The van der Waals surface area contributed by atoms with Crippen LogP contribution in [0.4, 0.5) is 13.2 Å². The van der Waals surface area contributed by atoms with Crippen LogP contribution in [0.25, 0.3) is 0 Å². The SMILES string of the molecule is Cn1cc(CCC(=O)N[C@@H](c2ccc(Cl)cc2)C(F)(F)F)cn1. The van der Waals surface area contributed by atoms with Gasteiger partial charge in [0.15, 0.2) is 6.04 Å². The van der Waals surface area contributed by atoms with Gasteiger partial charge in [0.2, 0.25) is 5.91 Å². The van der Waals surface area contributed by atoms with E-state index in [4.69, 9.17) is 11.6 Å². The molecule has 23 heavy (non-hydrogen) atoms. The number of hydrogen-bond acceptors (Lipinski definition) is 2. The fourth-order valence-corrected chi connectivity index (χ4v) is 2.23. The van der Waals surface area contributed by atoms with E-state index in [2.05, 4.69) is 5.10 Å². The van der Waals surface area contributed by atoms with Gasteiger partial charge in [0.05, 0.1) is 6.20 Å². The molecule has 4 nitrogen and oxygen atoms in total. The van der Waals surface area contributed by atoms with Crippen LogP contribution in [0, 0.1) is 0 Å². The van der Waals surface area contributed by atoms with E-state index in [1.54, 1.807) is 24.1 Å². The molecule has 0 radical (unpaired) electrons. The van der Waals surface area contributed by atoms with Crippen molar-refractivity contribution in [1.82, 2.24) is 15.1 Å². The van der Waals surface area contributed by atoms with Gasteiger partial charge in [-0.15, -0.1) is 0 Å². The summed E-state index contributed by atoms with van der Waals surface area (Å²) in [7, 11) is 1.73. The van der Waals surface area contributed by atoms with Gasteiger partial charge >= 0.3 is 6.18 Å². The van der Waals surface area contributed by atoms with Crippen LogP contribution in [0.5, 0.6) is 0 Å². The molecule has 1 aromatic carbocycles. The number of aryl methyl sites for hydroxylation is 2. The summed E-state index contributed by atoms with van der Waals surface area (Å²) in [5, 5.41) is 6.31. The van der Waals surface area contributed by atoms with Crippen molar-refractivity contribution in [3.63, 3.8) is 0 Å². The van der Waals surface area contributed by atoms with E-state index in [-0.39, 0.29) is 12.0 Å². The lowest BCUT2D eigenvalue weighted by Gasteiger charge is -2.22. The molecule has 0 bridgehead atoms. The topological polar surface area (TPSA) is 46.9 Å². The van der Waals surface area contributed by atoms with Crippen molar-refractivity contribution >= 4 is 17.5 Å². The third-order valence-corrected chi connectivity index (χ3v) is 3.49. The molecular formula is C15H15ClF3N3O. The van der Waals surface area contributed by atoms with Crippen LogP contribution in [0.1, 0.15) is 23.6 Å². The van der Waals surface area contributed by atoms with E-state index in [0.717, 1.165) is 5.56 Å². The number of carbonyl (C=O) groups is 1. The molecule has 124 valence electrons. The number of carbonyl (C=O) groups excluding carboxylic acids is 1. The zero-order valence-corrected chi connectivity index (χ0v) is 13.0. The second-order valence-electron chi connectivity index (χ2n) is 5.12. The highest BCUT2D eigenvalue weighted by molar-refractivity contribution is 6.30. The fraction of sp³-hybridized carbons (Fsp3) is 0.333. The molecule has 1 heterocycles. The predicted octanol–water partition coefficient (Wildman–Crippen LogP) is 3.43. The van der Waals surface area contributed by atoms with Crippen LogP contribution < -0.4 is 5.32 Å². The smallest absolute Gasteiger partial charge is 0.341 e. The maximum Gasteiger partial charge on any atom is 0.412 e. The molecule has 0 aliphatic heterocycles. The summed E-state index contributed by atoms with van der Waals surface area (Å²) in [4.78, 5) is 11.9. The summed E-state index contributed by atoms with van der Waals surface area (Å²) >= 11 is 5.68. The Morgan fingerprint density at radius 1 is 1.35 bits per heavy atom. The molecule has 1 N–H and O–H groups in total. The number of amides is 1. The summed E-state index contributed by atoms with van der Waals surface area (Å²) in [5.41, 5.74) is 0.731. The highest BCUT2D eigenvalue weighted by Gasteiger charge is 2.41. The molecule has 8 heteroatoms. The quantitative estimate of drug-likeness (QED) is 0.902. The van der Waals surface area contributed by atoms with Crippen LogP contribution in [0.2, 0.25) is 5.02 Å². The zero-order valence-electron chi connectivity index (χ0n) is 12.3. The second-order valence-corrected chi connectivity index (χ2v) is 5.55. The third kappa shape index (κ3) is 4.99. The molecular weight excluding hydrogens is 331 g/mol. The summed E-state index contributed by atoms with van der Waals surface area (Å²) in [5.74, 6) is -0.675. The van der Waals surface area contributed by atoms with Crippen LogP contribution >= 0.6 is 11.6 Å². The van der Waals surface area contributed by atoms with Gasteiger partial charge in [-0.25, -0.2) is 0 Å². The largest absolute Gasteiger partial charge is 0.412 e. The van der Waals surface area contributed by atoms with Crippen molar-refractivity contribution in [2.24, 2.45) is 7.05 Å². The minimum absolute atomic E-state index is 0.0497. The van der Waals surface area contributed by atoms with Gasteiger partial charge in [-0.3, -0.25) is 9.48 Å². The number of hydrogen-bond donors (Lipinski definition) is 1. The first kappa shape index (κ1) is 17.3. The molecule has 2 rings (SSSR count). The number of benzene rings is 1.